The van der Waals surface area contributed by atoms with Gasteiger partial charge in [-0.25, -0.2) is 21.6 Å². The van der Waals surface area contributed by atoms with E-state index in [2.05, 4.69) is 5.32 Å². The number of hydrogen-bond donors (Lipinski definition) is 1. The van der Waals surface area contributed by atoms with Crippen molar-refractivity contribution in [2.24, 2.45) is 5.92 Å². The zero-order valence-electron chi connectivity index (χ0n) is 22.5. The molecule has 11 nitrogen and oxygen atoms in total. The van der Waals surface area contributed by atoms with E-state index in [1.54, 1.807) is 4.90 Å². The molecule has 2 aromatic carbocycles. The van der Waals surface area contributed by atoms with Crippen molar-refractivity contribution < 1.29 is 31.2 Å². The number of amides is 4. The Morgan fingerprint density at radius 2 is 1.70 bits per heavy atom. The van der Waals surface area contributed by atoms with Crippen molar-refractivity contribution in [3.05, 3.63) is 65.2 Å². The van der Waals surface area contributed by atoms with Crippen LogP contribution >= 0.6 is 0 Å². The van der Waals surface area contributed by atoms with Gasteiger partial charge in [0.25, 0.3) is 5.91 Å². The van der Waals surface area contributed by atoms with Gasteiger partial charge in [0.2, 0.25) is 26.0 Å². The number of benzene rings is 2. The quantitative estimate of drug-likeness (QED) is 0.441. The number of hydrogen-bond acceptors (Lipinski definition) is 7. The minimum atomic E-state index is -4.14. The molecule has 3 aliphatic rings. The molecule has 1 saturated heterocycles. The largest absolute Gasteiger partial charge is 0.334 e. The van der Waals surface area contributed by atoms with E-state index in [-0.39, 0.29) is 24.1 Å². The molecule has 1 spiro atoms. The van der Waals surface area contributed by atoms with Crippen molar-refractivity contribution in [2.45, 2.75) is 50.7 Å². The smallest absolute Gasteiger partial charge is 0.325 e. The molecule has 40 heavy (non-hydrogen) atoms. The van der Waals surface area contributed by atoms with Gasteiger partial charge in [0.15, 0.2) is 0 Å². The summed E-state index contributed by atoms with van der Waals surface area (Å²) in [6.07, 6.45) is 4.15. The highest BCUT2D eigenvalue weighted by Crippen LogP contribution is 2.43. The number of sulfonamides is 2. The molecule has 13 heteroatoms. The Balaban J connectivity index is 1.40. The van der Waals surface area contributed by atoms with Gasteiger partial charge in [0.1, 0.15) is 12.1 Å². The lowest BCUT2D eigenvalue weighted by atomic mass is 9.91. The van der Waals surface area contributed by atoms with E-state index in [0.29, 0.717) is 33.7 Å². The summed E-state index contributed by atoms with van der Waals surface area (Å²) in [5.74, 6) is -0.495. The average molecular weight is 589 g/mol. The molecular weight excluding hydrogens is 556 g/mol. The predicted molar refractivity (Wildman–Crippen MR) is 148 cm³/mol. The van der Waals surface area contributed by atoms with Crippen LogP contribution in [0.15, 0.2) is 48.5 Å². The summed E-state index contributed by atoms with van der Waals surface area (Å²) >= 11 is 0. The van der Waals surface area contributed by atoms with Crippen molar-refractivity contribution in [2.75, 3.05) is 22.8 Å². The molecule has 214 valence electrons. The van der Waals surface area contributed by atoms with Crippen molar-refractivity contribution in [1.29, 1.82) is 0 Å². The summed E-state index contributed by atoms with van der Waals surface area (Å²) in [7, 11) is -8.29. The number of anilines is 1. The second-order valence-corrected chi connectivity index (χ2v) is 14.8. The van der Waals surface area contributed by atoms with E-state index in [9.17, 15) is 31.2 Å². The van der Waals surface area contributed by atoms with E-state index >= 15 is 0 Å². The topological polar surface area (TPSA) is 141 Å². The summed E-state index contributed by atoms with van der Waals surface area (Å²) < 4.78 is 49.2. The number of nitrogens with one attached hydrogen (secondary N) is 1. The summed E-state index contributed by atoms with van der Waals surface area (Å²) in [5.41, 5.74) is 0.479. The number of rotatable bonds is 9. The highest BCUT2D eigenvalue weighted by Gasteiger charge is 2.56. The molecule has 2 fully saturated rings. The molecule has 0 radical (unpaired) electrons. The molecular formula is C27H32N4O7S2. The number of carbonyl (C=O) groups is 3. The lowest BCUT2D eigenvalue weighted by Gasteiger charge is -2.31. The first-order valence-electron chi connectivity index (χ1n) is 13.0. The number of urea groups is 1. The standard InChI is InChI=1S/C27H32N4O7S2/c1-18(20-9-10-20)29(16-19-7-5-4-6-8-19)24(32)17-30-25(33)27(28-26(30)34)14-13-21-15-22(11-12-23(21)27)31(39(2,35)36)40(3,37)38/h4-8,11-12,15,18,20H,9-10,13-14,16-17H2,1-3H3,(H,28,34). The molecule has 0 aromatic heterocycles. The number of imide groups is 1. The summed E-state index contributed by atoms with van der Waals surface area (Å²) in [4.78, 5) is 43.1. The molecule has 2 aliphatic carbocycles. The van der Waals surface area contributed by atoms with Crippen LogP contribution in [0.2, 0.25) is 0 Å². The Kier molecular flexibility index (Phi) is 6.94. The van der Waals surface area contributed by atoms with Crippen LogP contribution in [0.5, 0.6) is 0 Å². The van der Waals surface area contributed by atoms with Crippen LogP contribution in [0.25, 0.3) is 0 Å². The first-order chi connectivity index (χ1) is 18.7. The summed E-state index contributed by atoms with van der Waals surface area (Å²) in [6, 6.07) is 13.0. The van der Waals surface area contributed by atoms with Gasteiger partial charge in [-0.15, -0.1) is 0 Å². The number of fused-ring (bicyclic) bond motifs is 2. The minimum absolute atomic E-state index is 0.0410. The summed E-state index contributed by atoms with van der Waals surface area (Å²) in [5, 5.41) is 2.77. The van der Waals surface area contributed by atoms with Crippen LogP contribution in [-0.4, -0.2) is 69.6 Å². The second-order valence-electron chi connectivity index (χ2n) is 10.9. The fourth-order valence-corrected chi connectivity index (χ4v) is 8.78. The molecule has 1 N–H and O–H groups in total. The van der Waals surface area contributed by atoms with Crippen LogP contribution in [0, 0.1) is 5.92 Å². The average Bonchev–Trinajstić information content (AvgIpc) is 3.62. The fourth-order valence-electron chi connectivity index (χ4n) is 5.82. The predicted octanol–water partition coefficient (Wildman–Crippen LogP) is 1.93. The van der Waals surface area contributed by atoms with E-state index < -0.39 is 44.1 Å². The lowest BCUT2D eigenvalue weighted by molar-refractivity contribution is -0.141. The Morgan fingerprint density at radius 1 is 1.05 bits per heavy atom. The maximum Gasteiger partial charge on any atom is 0.325 e. The maximum atomic E-state index is 13.7. The van der Waals surface area contributed by atoms with Crippen LogP contribution in [0.3, 0.4) is 0 Å². The minimum Gasteiger partial charge on any atom is -0.334 e. The van der Waals surface area contributed by atoms with E-state index in [1.807, 2.05) is 37.3 Å². The molecule has 0 bridgehead atoms. The van der Waals surface area contributed by atoms with Gasteiger partial charge in [-0.1, -0.05) is 36.4 Å². The molecule has 1 heterocycles. The Morgan fingerprint density at radius 3 is 2.30 bits per heavy atom. The van der Waals surface area contributed by atoms with Crippen molar-refractivity contribution in [3.8, 4) is 0 Å². The molecule has 5 rings (SSSR count). The van der Waals surface area contributed by atoms with Crippen LogP contribution in [0.1, 0.15) is 42.9 Å². The van der Waals surface area contributed by atoms with Gasteiger partial charge in [-0.2, -0.15) is 3.71 Å². The van der Waals surface area contributed by atoms with Gasteiger partial charge >= 0.3 is 6.03 Å². The fraction of sp³-hybridized carbons (Fsp3) is 0.444. The number of carbonyl (C=O) groups excluding carboxylic acids is 3. The second kappa shape index (κ2) is 9.88. The number of aryl methyl sites for hydroxylation is 1. The highest BCUT2D eigenvalue weighted by molar-refractivity contribution is 8.09. The van der Waals surface area contributed by atoms with Crippen LogP contribution in [0.4, 0.5) is 10.5 Å². The van der Waals surface area contributed by atoms with Gasteiger partial charge in [0, 0.05) is 12.6 Å². The molecule has 1 aliphatic heterocycles. The Labute approximate surface area is 234 Å². The SMILES string of the molecule is CC(C1CC1)N(Cc1ccccc1)C(=O)CN1C(=O)NC2(CCc3cc(N(S(C)(=O)=O)S(C)(=O)=O)ccc32)C1=O. The first-order valence-corrected chi connectivity index (χ1v) is 16.7. The van der Waals surface area contributed by atoms with Crippen molar-refractivity contribution in [1.82, 2.24) is 15.1 Å². The van der Waals surface area contributed by atoms with Gasteiger partial charge in [-0.3, -0.25) is 14.5 Å². The van der Waals surface area contributed by atoms with Crippen LogP contribution in [-0.2, 0) is 48.1 Å². The molecule has 4 amide bonds. The molecule has 2 aromatic rings. The van der Waals surface area contributed by atoms with Gasteiger partial charge in [0.05, 0.1) is 18.2 Å². The van der Waals surface area contributed by atoms with Gasteiger partial charge in [-0.05, 0) is 67.3 Å². The molecule has 1 saturated carbocycles. The highest BCUT2D eigenvalue weighted by atomic mass is 32.3. The zero-order valence-corrected chi connectivity index (χ0v) is 24.2. The number of nitrogens with zero attached hydrogens (tertiary/aromatic N) is 3. The first kappa shape index (κ1) is 28.1. The lowest BCUT2D eigenvalue weighted by Crippen LogP contribution is -2.47. The summed E-state index contributed by atoms with van der Waals surface area (Å²) in [6.45, 7) is 1.96. The molecule has 2 unspecified atom stereocenters. The van der Waals surface area contributed by atoms with E-state index in [0.717, 1.165) is 35.8 Å². The normalized spacial score (nSPS) is 21.3. The zero-order chi connectivity index (χ0) is 29.0. The van der Waals surface area contributed by atoms with E-state index in [1.165, 1.54) is 18.2 Å². The maximum absolute atomic E-state index is 13.7. The van der Waals surface area contributed by atoms with Crippen molar-refractivity contribution in [3.63, 3.8) is 0 Å². The van der Waals surface area contributed by atoms with Crippen molar-refractivity contribution >= 4 is 43.6 Å². The monoisotopic (exact) mass is 588 g/mol. The molecule has 2 atom stereocenters. The van der Waals surface area contributed by atoms with Crippen LogP contribution < -0.4 is 9.03 Å². The van der Waals surface area contributed by atoms with Gasteiger partial charge < -0.3 is 10.2 Å². The Hall–Kier alpha value is -3.45. The van der Waals surface area contributed by atoms with E-state index in [4.69, 9.17) is 0 Å². The third-order valence-electron chi connectivity index (χ3n) is 7.91. The Bertz CT molecular complexity index is 1560. The third kappa shape index (κ3) is 5.07. The third-order valence-corrected chi connectivity index (χ3v) is 11.2.